The first-order valence-electron chi connectivity index (χ1n) is 6.12. The summed E-state index contributed by atoms with van der Waals surface area (Å²) in [7, 11) is 0. The molecule has 0 atom stereocenters. The van der Waals surface area contributed by atoms with Crippen molar-refractivity contribution in [2.75, 3.05) is 0 Å². The number of carbonyl (C=O) groups excluding carboxylic acids is 2. The molecule has 2 aromatic rings. The average molecular weight is 306 g/mol. The van der Waals surface area contributed by atoms with Crippen molar-refractivity contribution in [3.05, 3.63) is 33.7 Å². The Hall–Kier alpha value is -2.55. The van der Waals surface area contributed by atoms with E-state index in [1.54, 1.807) is 11.6 Å². The van der Waals surface area contributed by atoms with Gasteiger partial charge in [0.2, 0.25) is 5.91 Å². The minimum Gasteiger partial charge on any atom is -0.455 e. The molecule has 21 heavy (non-hydrogen) atoms. The highest BCUT2D eigenvalue weighted by Gasteiger charge is 2.19. The third-order valence-electron chi connectivity index (χ3n) is 2.85. The summed E-state index contributed by atoms with van der Waals surface area (Å²) in [6.45, 7) is -0.116. The van der Waals surface area contributed by atoms with Gasteiger partial charge in [-0.3, -0.25) is 14.0 Å². The Morgan fingerprint density at radius 2 is 2.29 bits per heavy atom. The van der Waals surface area contributed by atoms with Crippen molar-refractivity contribution in [1.29, 1.82) is 0 Å². The van der Waals surface area contributed by atoms with Gasteiger partial charge < -0.3 is 4.74 Å². The van der Waals surface area contributed by atoms with Crippen LogP contribution in [0.4, 0.5) is 0 Å². The topological polar surface area (TPSA) is 102 Å². The monoisotopic (exact) mass is 306 g/mol. The number of thiazole rings is 1. The van der Waals surface area contributed by atoms with Gasteiger partial charge in [-0.1, -0.05) is 0 Å². The molecule has 1 aliphatic rings. The molecule has 108 valence electrons. The number of amides is 1. The predicted octanol–water partition coefficient (Wildman–Crippen LogP) is 0.0652. The fourth-order valence-corrected chi connectivity index (χ4v) is 2.54. The summed E-state index contributed by atoms with van der Waals surface area (Å²) in [5, 5.41) is 5.39. The van der Waals surface area contributed by atoms with Crippen LogP contribution in [0.15, 0.2) is 27.5 Å². The third kappa shape index (κ3) is 2.82. The smallest absolute Gasteiger partial charge is 0.354 e. The molecule has 0 saturated heterocycles. The molecular formula is C12H10N4O4S. The van der Waals surface area contributed by atoms with Gasteiger partial charge in [0, 0.05) is 30.5 Å². The van der Waals surface area contributed by atoms with Crippen LogP contribution in [0.5, 0.6) is 0 Å². The van der Waals surface area contributed by atoms with Gasteiger partial charge in [0.1, 0.15) is 12.3 Å². The summed E-state index contributed by atoms with van der Waals surface area (Å²) in [5.74, 6) is -0.854. The highest BCUT2D eigenvalue weighted by molar-refractivity contribution is 7.15. The van der Waals surface area contributed by atoms with Crippen LogP contribution >= 0.6 is 11.3 Å². The Kier molecular flexibility index (Phi) is 3.48. The maximum Gasteiger partial charge on any atom is 0.354 e. The highest BCUT2D eigenvalue weighted by Crippen LogP contribution is 2.08. The van der Waals surface area contributed by atoms with Crippen LogP contribution in [0.1, 0.15) is 18.5 Å². The average Bonchev–Trinajstić information content (AvgIpc) is 2.94. The maximum absolute atomic E-state index is 11.8. The normalized spacial score (nSPS) is 14.7. The molecule has 1 aliphatic heterocycles. The number of fused-ring (bicyclic) bond motifs is 1. The second-order valence-corrected chi connectivity index (χ2v) is 5.18. The number of nitrogens with one attached hydrogen (secondary N) is 1. The third-order valence-corrected chi connectivity index (χ3v) is 3.60. The lowest BCUT2D eigenvalue weighted by atomic mass is 10.2. The number of hydrazone groups is 1. The molecule has 9 heteroatoms. The quantitative estimate of drug-likeness (QED) is 0.808. The highest BCUT2D eigenvalue weighted by atomic mass is 32.1. The minimum atomic E-state index is -0.622. The van der Waals surface area contributed by atoms with Crippen LogP contribution in [-0.2, 0) is 20.9 Å². The van der Waals surface area contributed by atoms with Crippen LogP contribution in [0.3, 0.4) is 0 Å². The van der Waals surface area contributed by atoms with E-state index in [2.05, 4.69) is 15.5 Å². The number of aromatic nitrogens is 2. The van der Waals surface area contributed by atoms with Crippen LogP contribution < -0.4 is 11.0 Å². The van der Waals surface area contributed by atoms with E-state index in [0.29, 0.717) is 10.7 Å². The largest absolute Gasteiger partial charge is 0.455 e. The van der Waals surface area contributed by atoms with Crippen molar-refractivity contribution in [2.24, 2.45) is 5.10 Å². The molecule has 0 unspecified atom stereocenters. The van der Waals surface area contributed by atoms with Gasteiger partial charge in [0.05, 0.1) is 5.69 Å². The van der Waals surface area contributed by atoms with Crippen LogP contribution in [-0.4, -0.2) is 27.0 Å². The molecule has 0 fully saturated rings. The molecule has 0 aliphatic carbocycles. The summed E-state index contributed by atoms with van der Waals surface area (Å²) in [5.41, 5.74) is 2.52. The van der Waals surface area contributed by atoms with Gasteiger partial charge >= 0.3 is 5.97 Å². The first kappa shape index (κ1) is 13.4. The summed E-state index contributed by atoms with van der Waals surface area (Å²) in [6.07, 6.45) is 2.07. The fraction of sp³-hybridized carbons (Fsp3) is 0.250. The molecule has 0 bridgehead atoms. The van der Waals surface area contributed by atoms with E-state index in [-0.39, 0.29) is 36.6 Å². The Balaban J connectivity index is 1.70. The molecule has 0 saturated carbocycles. The van der Waals surface area contributed by atoms with Crippen LogP contribution in [0.2, 0.25) is 0 Å². The number of nitrogens with zero attached hydrogens (tertiary/aromatic N) is 3. The number of ether oxygens (including phenoxy) is 1. The van der Waals surface area contributed by atoms with E-state index in [1.165, 1.54) is 21.8 Å². The second-order valence-electron chi connectivity index (χ2n) is 4.31. The van der Waals surface area contributed by atoms with Crippen LogP contribution in [0, 0.1) is 0 Å². The van der Waals surface area contributed by atoms with E-state index < -0.39 is 5.97 Å². The number of esters is 1. The lowest BCUT2D eigenvalue weighted by molar-refractivity contribution is -0.137. The van der Waals surface area contributed by atoms with E-state index >= 15 is 0 Å². The molecule has 0 aromatic carbocycles. The number of hydrogen-bond acceptors (Lipinski definition) is 7. The second kappa shape index (κ2) is 5.44. The van der Waals surface area contributed by atoms with Crippen molar-refractivity contribution in [3.63, 3.8) is 0 Å². The maximum atomic E-state index is 11.8. The lowest BCUT2D eigenvalue weighted by Crippen LogP contribution is -2.30. The molecule has 3 heterocycles. The summed E-state index contributed by atoms with van der Waals surface area (Å²) < 4.78 is 6.47. The zero-order valence-electron chi connectivity index (χ0n) is 10.7. The first-order valence-corrected chi connectivity index (χ1v) is 7.00. The van der Waals surface area contributed by atoms with Gasteiger partial charge in [-0.25, -0.2) is 15.2 Å². The molecule has 1 N–H and O–H groups in total. The fourth-order valence-electron chi connectivity index (χ4n) is 1.81. The molecule has 2 aromatic heterocycles. The molecule has 0 radical (unpaired) electrons. The zero-order chi connectivity index (χ0) is 14.8. The summed E-state index contributed by atoms with van der Waals surface area (Å²) >= 11 is 1.32. The van der Waals surface area contributed by atoms with Gasteiger partial charge in [-0.2, -0.15) is 5.10 Å². The Bertz CT molecular complexity index is 807. The van der Waals surface area contributed by atoms with Gasteiger partial charge in [0.25, 0.3) is 5.56 Å². The first-order chi connectivity index (χ1) is 10.1. The SMILES string of the molecule is O=C1CCC(C(=O)OCc2cc(=O)n3ccsc3n2)=NN1. The number of carbonyl (C=O) groups is 2. The molecular weight excluding hydrogens is 296 g/mol. The number of rotatable bonds is 3. The zero-order valence-corrected chi connectivity index (χ0v) is 11.6. The molecule has 0 spiro atoms. The van der Waals surface area contributed by atoms with Gasteiger partial charge in [-0.05, 0) is 0 Å². The number of hydrogen-bond donors (Lipinski definition) is 1. The van der Waals surface area contributed by atoms with Crippen molar-refractivity contribution in [2.45, 2.75) is 19.4 Å². The standard InChI is InChI=1S/C12H10N4O4S/c17-9-2-1-8(14-15-9)11(19)20-6-7-5-10(18)16-3-4-21-12(16)13-7/h3-5H,1-2,6H2,(H,15,17). The Labute approximate surface area is 122 Å². The van der Waals surface area contributed by atoms with E-state index in [9.17, 15) is 14.4 Å². The molecule has 3 rings (SSSR count). The van der Waals surface area contributed by atoms with E-state index in [4.69, 9.17) is 4.74 Å². The van der Waals surface area contributed by atoms with Crippen molar-refractivity contribution in [1.82, 2.24) is 14.8 Å². The lowest BCUT2D eigenvalue weighted by Gasteiger charge is -2.11. The molecule has 1 amide bonds. The summed E-state index contributed by atoms with van der Waals surface area (Å²) in [4.78, 5) is 39.2. The van der Waals surface area contributed by atoms with Gasteiger partial charge in [-0.15, -0.1) is 11.3 Å². The van der Waals surface area contributed by atoms with Crippen molar-refractivity contribution >= 4 is 33.9 Å². The van der Waals surface area contributed by atoms with Crippen molar-refractivity contribution in [3.8, 4) is 0 Å². The van der Waals surface area contributed by atoms with Crippen molar-refractivity contribution < 1.29 is 14.3 Å². The Morgan fingerprint density at radius 1 is 1.43 bits per heavy atom. The molecule has 8 nitrogen and oxygen atoms in total. The predicted molar refractivity (Wildman–Crippen MR) is 73.9 cm³/mol. The summed E-state index contributed by atoms with van der Waals surface area (Å²) in [6, 6.07) is 1.32. The van der Waals surface area contributed by atoms with Gasteiger partial charge in [0.15, 0.2) is 4.96 Å². The van der Waals surface area contributed by atoms with Crippen LogP contribution in [0.25, 0.3) is 4.96 Å². The minimum absolute atomic E-state index is 0.116. The van der Waals surface area contributed by atoms with E-state index in [0.717, 1.165) is 0 Å². The Morgan fingerprint density at radius 3 is 3.05 bits per heavy atom. The van der Waals surface area contributed by atoms with E-state index in [1.807, 2.05) is 0 Å².